The van der Waals surface area contributed by atoms with Gasteiger partial charge >= 0.3 is 0 Å². The summed E-state index contributed by atoms with van der Waals surface area (Å²) in [5.41, 5.74) is 2.82. The molecule has 2 aromatic rings. The Kier molecular flexibility index (Phi) is 9.66. The van der Waals surface area contributed by atoms with E-state index in [1.807, 2.05) is 45.9 Å². The molecular weight excluding hydrogens is 435 g/mol. The SMILES string of the molecule is CCCNC(=O)[C@@H](CC)N(Cc1ccc(Cl)cc1Cl)C(=O)COc1cc(C)cc(C)c1. The Hall–Kier alpha value is -2.24. The van der Waals surface area contributed by atoms with Crippen LogP contribution in [0.3, 0.4) is 0 Å². The van der Waals surface area contributed by atoms with Crippen LogP contribution in [-0.4, -0.2) is 35.9 Å². The van der Waals surface area contributed by atoms with E-state index in [1.165, 1.54) is 4.90 Å². The predicted molar refractivity (Wildman–Crippen MR) is 126 cm³/mol. The second-order valence-corrected chi connectivity index (χ2v) is 8.43. The van der Waals surface area contributed by atoms with Gasteiger partial charge in [0, 0.05) is 23.1 Å². The maximum absolute atomic E-state index is 13.2. The van der Waals surface area contributed by atoms with Gasteiger partial charge in [0.25, 0.3) is 5.91 Å². The molecular formula is C24H30Cl2N2O3. The molecule has 0 aliphatic heterocycles. The summed E-state index contributed by atoms with van der Waals surface area (Å²) >= 11 is 12.4. The molecule has 0 aliphatic rings. The van der Waals surface area contributed by atoms with E-state index in [0.717, 1.165) is 17.5 Å². The molecule has 2 rings (SSSR count). The summed E-state index contributed by atoms with van der Waals surface area (Å²) in [4.78, 5) is 27.5. The van der Waals surface area contributed by atoms with Crippen molar-refractivity contribution in [2.45, 2.75) is 53.1 Å². The topological polar surface area (TPSA) is 58.6 Å². The number of amides is 2. The molecule has 1 N–H and O–H groups in total. The van der Waals surface area contributed by atoms with Crippen molar-refractivity contribution >= 4 is 35.0 Å². The first-order chi connectivity index (χ1) is 14.7. The Morgan fingerprint density at radius 3 is 2.32 bits per heavy atom. The summed E-state index contributed by atoms with van der Waals surface area (Å²) in [7, 11) is 0. The van der Waals surface area contributed by atoms with Crippen LogP contribution in [0.5, 0.6) is 5.75 Å². The summed E-state index contributed by atoms with van der Waals surface area (Å²) in [6.45, 7) is 8.37. The van der Waals surface area contributed by atoms with Crippen LogP contribution < -0.4 is 10.1 Å². The Bertz CT molecular complexity index is 897. The van der Waals surface area contributed by atoms with E-state index in [9.17, 15) is 9.59 Å². The number of nitrogens with zero attached hydrogens (tertiary/aromatic N) is 1. The zero-order valence-electron chi connectivity index (χ0n) is 18.5. The van der Waals surface area contributed by atoms with Crippen molar-refractivity contribution in [1.82, 2.24) is 10.2 Å². The summed E-state index contributed by atoms with van der Waals surface area (Å²) < 4.78 is 5.78. The van der Waals surface area contributed by atoms with Crippen molar-refractivity contribution < 1.29 is 14.3 Å². The van der Waals surface area contributed by atoms with E-state index < -0.39 is 6.04 Å². The lowest BCUT2D eigenvalue weighted by molar-refractivity contribution is -0.143. The van der Waals surface area contributed by atoms with E-state index in [4.69, 9.17) is 27.9 Å². The van der Waals surface area contributed by atoms with Gasteiger partial charge in [-0.15, -0.1) is 0 Å². The zero-order chi connectivity index (χ0) is 23.0. The third kappa shape index (κ3) is 7.44. The lowest BCUT2D eigenvalue weighted by Crippen LogP contribution is -2.50. The third-order valence-electron chi connectivity index (χ3n) is 4.85. The molecule has 2 aromatic carbocycles. The molecule has 5 nitrogen and oxygen atoms in total. The van der Waals surface area contributed by atoms with Crippen molar-refractivity contribution in [1.29, 1.82) is 0 Å². The highest BCUT2D eigenvalue weighted by Gasteiger charge is 2.29. The first-order valence-corrected chi connectivity index (χ1v) is 11.2. The summed E-state index contributed by atoms with van der Waals surface area (Å²) in [6.07, 6.45) is 1.28. The fourth-order valence-electron chi connectivity index (χ4n) is 3.36. The number of hydrogen-bond acceptors (Lipinski definition) is 3. The molecule has 0 aromatic heterocycles. The minimum Gasteiger partial charge on any atom is -0.484 e. The monoisotopic (exact) mass is 464 g/mol. The van der Waals surface area contributed by atoms with Gasteiger partial charge in [0.1, 0.15) is 11.8 Å². The largest absolute Gasteiger partial charge is 0.484 e. The maximum atomic E-state index is 13.2. The number of hydrogen-bond donors (Lipinski definition) is 1. The van der Waals surface area contributed by atoms with Gasteiger partial charge in [0.2, 0.25) is 5.91 Å². The van der Waals surface area contributed by atoms with Gasteiger partial charge < -0.3 is 15.0 Å². The van der Waals surface area contributed by atoms with E-state index >= 15 is 0 Å². The lowest BCUT2D eigenvalue weighted by Gasteiger charge is -2.31. The van der Waals surface area contributed by atoms with E-state index in [-0.39, 0.29) is 25.0 Å². The Morgan fingerprint density at radius 2 is 1.74 bits per heavy atom. The summed E-state index contributed by atoms with van der Waals surface area (Å²) in [5.74, 6) is 0.150. The van der Waals surface area contributed by atoms with Crippen LogP contribution in [0, 0.1) is 13.8 Å². The summed E-state index contributed by atoms with van der Waals surface area (Å²) in [5, 5.41) is 3.85. The van der Waals surface area contributed by atoms with Crippen molar-refractivity contribution in [2.24, 2.45) is 0 Å². The van der Waals surface area contributed by atoms with Gasteiger partial charge in [-0.25, -0.2) is 0 Å². The van der Waals surface area contributed by atoms with Gasteiger partial charge in [0.05, 0.1) is 0 Å². The van der Waals surface area contributed by atoms with E-state index in [0.29, 0.717) is 34.3 Å². The van der Waals surface area contributed by atoms with Crippen molar-refractivity contribution in [3.63, 3.8) is 0 Å². The number of nitrogens with one attached hydrogen (secondary N) is 1. The standard InChI is InChI=1S/C24H30Cl2N2O3/c1-5-9-27-24(30)22(6-2)28(14-18-7-8-19(25)13-21(18)26)23(29)15-31-20-11-16(3)10-17(4)12-20/h7-8,10-13,22H,5-6,9,14-15H2,1-4H3,(H,27,30)/t22-/m1/s1. The molecule has 0 saturated heterocycles. The molecule has 0 aliphatic carbocycles. The molecule has 1 atom stereocenters. The number of aryl methyl sites for hydroxylation is 2. The first-order valence-electron chi connectivity index (χ1n) is 10.5. The predicted octanol–water partition coefficient (Wildman–Crippen LogP) is 5.32. The lowest BCUT2D eigenvalue weighted by atomic mass is 10.1. The Morgan fingerprint density at radius 1 is 1.06 bits per heavy atom. The van der Waals surface area contributed by atoms with Crippen LogP contribution in [0.2, 0.25) is 10.0 Å². The molecule has 0 saturated carbocycles. The number of carbonyl (C=O) groups excluding carboxylic acids is 2. The van der Waals surface area contributed by atoms with Gasteiger partial charge in [-0.1, -0.05) is 49.2 Å². The van der Waals surface area contributed by atoms with Crippen LogP contribution in [-0.2, 0) is 16.1 Å². The number of benzene rings is 2. The quantitative estimate of drug-likeness (QED) is 0.517. The van der Waals surface area contributed by atoms with Crippen LogP contribution in [0.25, 0.3) is 0 Å². The first kappa shape index (κ1) is 25.0. The van der Waals surface area contributed by atoms with Gasteiger partial charge in [-0.2, -0.15) is 0 Å². The minimum absolute atomic E-state index is 0.175. The Labute approximate surface area is 194 Å². The third-order valence-corrected chi connectivity index (χ3v) is 5.44. The Balaban J connectivity index is 2.25. The van der Waals surface area contributed by atoms with Gasteiger partial charge in [-0.3, -0.25) is 9.59 Å². The molecule has 31 heavy (non-hydrogen) atoms. The number of rotatable bonds is 10. The molecule has 168 valence electrons. The zero-order valence-corrected chi connectivity index (χ0v) is 20.0. The number of carbonyl (C=O) groups is 2. The molecule has 2 amide bonds. The molecule has 0 radical (unpaired) electrons. The molecule has 7 heteroatoms. The van der Waals surface area contributed by atoms with Crippen molar-refractivity contribution in [3.8, 4) is 5.75 Å². The summed E-state index contributed by atoms with van der Waals surface area (Å²) in [6, 6.07) is 10.3. The van der Waals surface area contributed by atoms with Gasteiger partial charge in [0.15, 0.2) is 6.61 Å². The average Bonchev–Trinajstić information content (AvgIpc) is 2.71. The second kappa shape index (κ2) is 12.0. The molecule has 0 spiro atoms. The van der Waals surface area contributed by atoms with Crippen LogP contribution in [0.1, 0.15) is 43.4 Å². The van der Waals surface area contributed by atoms with Crippen molar-refractivity contribution in [2.75, 3.05) is 13.2 Å². The molecule has 0 unspecified atom stereocenters. The fourth-order valence-corrected chi connectivity index (χ4v) is 3.83. The van der Waals surface area contributed by atoms with Crippen molar-refractivity contribution in [3.05, 3.63) is 63.1 Å². The number of halogens is 2. The highest BCUT2D eigenvalue weighted by atomic mass is 35.5. The van der Waals surface area contributed by atoms with E-state index in [2.05, 4.69) is 5.32 Å². The smallest absolute Gasteiger partial charge is 0.261 e. The average molecular weight is 465 g/mol. The highest BCUT2D eigenvalue weighted by molar-refractivity contribution is 6.35. The minimum atomic E-state index is -0.631. The van der Waals surface area contributed by atoms with Crippen LogP contribution >= 0.6 is 23.2 Å². The molecule has 0 bridgehead atoms. The maximum Gasteiger partial charge on any atom is 0.261 e. The fraction of sp³-hybridized carbons (Fsp3) is 0.417. The molecule has 0 heterocycles. The number of ether oxygens (including phenoxy) is 1. The van der Waals surface area contributed by atoms with Crippen LogP contribution in [0.15, 0.2) is 36.4 Å². The highest BCUT2D eigenvalue weighted by Crippen LogP contribution is 2.24. The second-order valence-electron chi connectivity index (χ2n) is 7.58. The van der Waals surface area contributed by atoms with Crippen LogP contribution in [0.4, 0.5) is 0 Å². The molecule has 0 fully saturated rings. The normalized spacial score (nSPS) is 11.7. The van der Waals surface area contributed by atoms with E-state index in [1.54, 1.807) is 18.2 Å². The van der Waals surface area contributed by atoms with Gasteiger partial charge in [-0.05, 0) is 67.6 Å².